The Kier molecular flexibility index (Phi) is 9.47. The highest BCUT2D eigenvalue weighted by Crippen LogP contribution is 2.25. The van der Waals surface area contributed by atoms with Gasteiger partial charge in [0.25, 0.3) is 0 Å². The van der Waals surface area contributed by atoms with Gasteiger partial charge in [-0.05, 0) is 37.8 Å². The van der Waals surface area contributed by atoms with Gasteiger partial charge in [0.2, 0.25) is 0 Å². The number of aliphatic imine (C=N–C) groups is 1. The third-order valence-electron chi connectivity index (χ3n) is 4.09. The van der Waals surface area contributed by atoms with Crippen LogP contribution in [-0.2, 0) is 6.42 Å². The van der Waals surface area contributed by atoms with E-state index in [9.17, 15) is 9.50 Å². The molecule has 1 fully saturated rings. The van der Waals surface area contributed by atoms with Crippen molar-refractivity contribution in [1.82, 2.24) is 10.6 Å². The number of aliphatic hydroxyl groups is 1. The van der Waals surface area contributed by atoms with Gasteiger partial charge in [-0.15, -0.1) is 24.0 Å². The molecule has 0 amide bonds. The molecule has 1 saturated carbocycles. The van der Waals surface area contributed by atoms with Crippen LogP contribution in [0.1, 0.15) is 31.7 Å². The molecule has 0 saturated heterocycles. The molecular formula is C17H27FIN3O. The largest absolute Gasteiger partial charge is 0.393 e. The quantitative estimate of drug-likeness (QED) is 0.366. The van der Waals surface area contributed by atoms with E-state index in [1.165, 1.54) is 6.07 Å². The monoisotopic (exact) mass is 435 g/mol. The van der Waals surface area contributed by atoms with E-state index in [-0.39, 0.29) is 41.8 Å². The fourth-order valence-electron chi connectivity index (χ4n) is 2.80. The first-order valence-corrected chi connectivity index (χ1v) is 8.14. The maximum Gasteiger partial charge on any atom is 0.191 e. The first-order valence-electron chi connectivity index (χ1n) is 8.14. The molecule has 130 valence electrons. The van der Waals surface area contributed by atoms with Crippen LogP contribution in [0.3, 0.4) is 0 Å². The molecule has 2 unspecified atom stereocenters. The van der Waals surface area contributed by atoms with Crippen LogP contribution in [0.15, 0.2) is 29.3 Å². The summed E-state index contributed by atoms with van der Waals surface area (Å²) in [5.41, 5.74) is 0.706. The van der Waals surface area contributed by atoms with Crippen molar-refractivity contribution in [3.63, 3.8) is 0 Å². The van der Waals surface area contributed by atoms with Gasteiger partial charge in [-0.3, -0.25) is 4.99 Å². The molecule has 0 aromatic heterocycles. The van der Waals surface area contributed by atoms with E-state index in [4.69, 9.17) is 0 Å². The van der Waals surface area contributed by atoms with E-state index < -0.39 is 0 Å². The number of aliphatic hydroxyl groups excluding tert-OH is 1. The molecule has 1 aliphatic rings. The van der Waals surface area contributed by atoms with E-state index in [2.05, 4.69) is 15.6 Å². The van der Waals surface area contributed by atoms with Gasteiger partial charge in [0.15, 0.2) is 5.96 Å². The van der Waals surface area contributed by atoms with Crippen molar-refractivity contribution in [2.45, 2.75) is 38.7 Å². The number of benzene rings is 1. The maximum absolute atomic E-state index is 13.6. The molecule has 0 radical (unpaired) electrons. The Balaban J connectivity index is 0.00000264. The van der Waals surface area contributed by atoms with Crippen LogP contribution in [0, 0.1) is 11.7 Å². The van der Waals surface area contributed by atoms with Gasteiger partial charge in [-0.2, -0.15) is 0 Å². The molecule has 2 atom stereocenters. The lowest BCUT2D eigenvalue weighted by Gasteiger charge is -2.15. The van der Waals surface area contributed by atoms with Crippen molar-refractivity contribution in [3.8, 4) is 0 Å². The fraction of sp³-hybridized carbons (Fsp3) is 0.588. The molecule has 0 aliphatic heterocycles. The lowest BCUT2D eigenvalue weighted by atomic mass is 10.1. The SMILES string of the molecule is CCNC(=NCC1CCCC1O)NCCc1ccccc1F.I. The second kappa shape index (κ2) is 10.8. The average Bonchev–Trinajstić information content (AvgIpc) is 2.92. The van der Waals surface area contributed by atoms with E-state index in [0.717, 1.165) is 31.8 Å². The minimum absolute atomic E-state index is 0. The maximum atomic E-state index is 13.6. The molecule has 6 heteroatoms. The Labute approximate surface area is 155 Å². The molecule has 3 N–H and O–H groups in total. The molecule has 1 aromatic carbocycles. The lowest BCUT2D eigenvalue weighted by molar-refractivity contribution is 0.136. The van der Waals surface area contributed by atoms with Crippen molar-refractivity contribution >= 4 is 29.9 Å². The van der Waals surface area contributed by atoms with Crippen LogP contribution in [0.4, 0.5) is 4.39 Å². The van der Waals surface area contributed by atoms with Crippen LogP contribution in [-0.4, -0.2) is 36.8 Å². The third kappa shape index (κ3) is 6.63. The zero-order valence-electron chi connectivity index (χ0n) is 13.6. The first kappa shape index (κ1) is 20.2. The van der Waals surface area contributed by atoms with Gasteiger partial charge >= 0.3 is 0 Å². The molecule has 0 heterocycles. The van der Waals surface area contributed by atoms with Crippen molar-refractivity contribution in [2.24, 2.45) is 10.9 Å². The number of nitrogens with one attached hydrogen (secondary N) is 2. The number of halogens is 2. The number of nitrogens with zero attached hydrogens (tertiary/aromatic N) is 1. The van der Waals surface area contributed by atoms with Crippen LogP contribution in [0.2, 0.25) is 0 Å². The Morgan fingerprint density at radius 2 is 2.09 bits per heavy atom. The summed E-state index contributed by atoms with van der Waals surface area (Å²) in [7, 11) is 0. The Morgan fingerprint density at radius 1 is 1.30 bits per heavy atom. The second-order valence-corrected chi connectivity index (χ2v) is 5.75. The number of guanidine groups is 1. The van der Waals surface area contributed by atoms with Gasteiger partial charge in [0, 0.05) is 25.6 Å². The van der Waals surface area contributed by atoms with Crippen molar-refractivity contribution < 1.29 is 9.50 Å². The van der Waals surface area contributed by atoms with E-state index >= 15 is 0 Å². The van der Waals surface area contributed by atoms with Gasteiger partial charge in [-0.25, -0.2) is 4.39 Å². The summed E-state index contributed by atoms with van der Waals surface area (Å²) >= 11 is 0. The molecule has 1 aromatic rings. The molecule has 1 aliphatic carbocycles. The summed E-state index contributed by atoms with van der Waals surface area (Å²) in [4.78, 5) is 4.54. The van der Waals surface area contributed by atoms with Crippen LogP contribution in [0.25, 0.3) is 0 Å². The van der Waals surface area contributed by atoms with Gasteiger partial charge < -0.3 is 15.7 Å². The summed E-state index contributed by atoms with van der Waals surface area (Å²) in [6, 6.07) is 6.83. The molecule has 0 bridgehead atoms. The summed E-state index contributed by atoms with van der Waals surface area (Å²) in [6.45, 7) is 4.05. The summed E-state index contributed by atoms with van der Waals surface area (Å²) in [5, 5.41) is 16.2. The predicted molar refractivity (Wildman–Crippen MR) is 103 cm³/mol. The smallest absolute Gasteiger partial charge is 0.191 e. The standard InChI is InChI=1S/C17H26FN3O.HI/c1-2-19-17(21-12-14-7-5-9-16(14)22)20-11-10-13-6-3-4-8-15(13)18;/h3-4,6,8,14,16,22H,2,5,7,9-12H2,1H3,(H2,19,20,21);1H. The molecule has 0 spiro atoms. The second-order valence-electron chi connectivity index (χ2n) is 5.75. The highest BCUT2D eigenvalue weighted by atomic mass is 127. The number of hydrogen-bond acceptors (Lipinski definition) is 2. The van der Waals surface area contributed by atoms with Gasteiger partial charge in [-0.1, -0.05) is 24.6 Å². The van der Waals surface area contributed by atoms with E-state index in [0.29, 0.717) is 25.1 Å². The minimum atomic E-state index is -0.218. The Morgan fingerprint density at radius 3 is 2.74 bits per heavy atom. The number of rotatable bonds is 6. The average molecular weight is 435 g/mol. The molecule has 23 heavy (non-hydrogen) atoms. The lowest BCUT2D eigenvalue weighted by Crippen LogP contribution is -2.39. The fourth-order valence-corrected chi connectivity index (χ4v) is 2.80. The summed E-state index contributed by atoms with van der Waals surface area (Å²) < 4.78 is 13.6. The topological polar surface area (TPSA) is 56.7 Å². The van der Waals surface area contributed by atoms with Crippen LogP contribution < -0.4 is 10.6 Å². The highest BCUT2D eigenvalue weighted by molar-refractivity contribution is 14.0. The van der Waals surface area contributed by atoms with Gasteiger partial charge in [0.1, 0.15) is 5.82 Å². The first-order chi connectivity index (χ1) is 10.7. The summed E-state index contributed by atoms with van der Waals surface area (Å²) in [6.07, 6.45) is 3.41. The van der Waals surface area contributed by atoms with Crippen molar-refractivity contribution in [3.05, 3.63) is 35.6 Å². The Hall–Kier alpha value is -0.890. The van der Waals surface area contributed by atoms with Crippen molar-refractivity contribution in [1.29, 1.82) is 0 Å². The minimum Gasteiger partial charge on any atom is -0.393 e. The molecular weight excluding hydrogens is 408 g/mol. The zero-order chi connectivity index (χ0) is 15.8. The highest BCUT2D eigenvalue weighted by Gasteiger charge is 2.24. The van der Waals surface area contributed by atoms with E-state index in [1.807, 2.05) is 13.0 Å². The van der Waals surface area contributed by atoms with Crippen LogP contribution in [0.5, 0.6) is 0 Å². The predicted octanol–water partition coefficient (Wildman–Crippen LogP) is 2.70. The summed E-state index contributed by atoms with van der Waals surface area (Å²) in [5.74, 6) is 0.834. The van der Waals surface area contributed by atoms with Crippen LogP contribution >= 0.6 is 24.0 Å². The van der Waals surface area contributed by atoms with Gasteiger partial charge in [0.05, 0.1) is 6.10 Å². The molecule has 2 rings (SSSR count). The van der Waals surface area contributed by atoms with E-state index in [1.54, 1.807) is 12.1 Å². The third-order valence-corrected chi connectivity index (χ3v) is 4.09. The zero-order valence-corrected chi connectivity index (χ0v) is 15.9. The normalized spacial score (nSPS) is 20.9. The molecule has 4 nitrogen and oxygen atoms in total. The van der Waals surface area contributed by atoms with Crippen molar-refractivity contribution in [2.75, 3.05) is 19.6 Å². The Bertz CT molecular complexity index is 498. The number of hydrogen-bond donors (Lipinski definition) is 3.